The Balaban J connectivity index is 0.00000413. The van der Waals surface area contributed by atoms with Gasteiger partial charge in [0, 0.05) is 61.3 Å². The maximum absolute atomic E-state index is 13.9. The van der Waals surface area contributed by atoms with Crippen LogP contribution in [0.5, 0.6) is 11.5 Å². The largest absolute Gasteiger partial charge is 0.509 e. The molecule has 9 rings (SSSR count). The molecule has 2 aromatic heterocycles. The Morgan fingerprint density at radius 2 is 1.43 bits per heavy atom. The maximum Gasteiger partial charge on any atom is 0.135 e. The second kappa shape index (κ2) is 14.3. The van der Waals surface area contributed by atoms with Crippen LogP contribution in [0.15, 0.2) is 134 Å². The minimum atomic E-state index is -0.273. The van der Waals surface area contributed by atoms with E-state index in [1.165, 1.54) is 28.8 Å². The number of fused-ring (bicyclic) bond motifs is 4. The summed E-state index contributed by atoms with van der Waals surface area (Å²) in [5.41, 5.74) is 11.3. The second-order valence-electron chi connectivity index (χ2n) is 13.8. The quantitative estimate of drug-likeness (QED) is 0.149. The Bertz CT molecular complexity index is 2650. The number of anilines is 4. The first-order chi connectivity index (χ1) is 25.8. The average molecular weight is 887 g/mol. The minimum absolute atomic E-state index is 0. The van der Waals surface area contributed by atoms with Crippen molar-refractivity contribution in [1.29, 1.82) is 0 Å². The zero-order chi connectivity index (χ0) is 36.2. The zero-order valence-corrected chi connectivity index (χ0v) is 32.5. The number of aryl methyl sites for hydroxylation is 2. The van der Waals surface area contributed by atoms with Gasteiger partial charge in [0.25, 0.3) is 0 Å². The molecular formula is C47H36FN4OPt-3. The summed E-state index contributed by atoms with van der Waals surface area (Å²) >= 11 is 0. The topological polar surface area (TPSA) is 33.5 Å². The number of ether oxygens (including phenoxy) is 1. The van der Waals surface area contributed by atoms with Crippen LogP contribution in [0.2, 0.25) is 0 Å². The minimum Gasteiger partial charge on any atom is -0.509 e. The van der Waals surface area contributed by atoms with Crippen molar-refractivity contribution in [2.45, 2.75) is 33.6 Å². The molecule has 0 radical (unpaired) electrons. The van der Waals surface area contributed by atoms with Crippen molar-refractivity contribution in [1.82, 2.24) is 9.55 Å². The molecule has 0 amide bonds. The Hall–Kier alpha value is -5.71. The number of benzene rings is 6. The summed E-state index contributed by atoms with van der Waals surface area (Å²) in [7, 11) is 0. The van der Waals surface area contributed by atoms with Crippen molar-refractivity contribution in [3.05, 3.63) is 175 Å². The van der Waals surface area contributed by atoms with Crippen molar-refractivity contribution in [2.75, 3.05) is 9.80 Å². The molecule has 0 spiro atoms. The van der Waals surface area contributed by atoms with E-state index in [9.17, 15) is 4.39 Å². The predicted molar refractivity (Wildman–Crippen MR) is 213 cm³/mol. The number of pyridine rings is 1. The molecular weight excluding hydrogens is 851 g/mol. The number of hydrogen-bond acceptors (Lipinski definition) is 4. The molecule has 7 heteroatoms. The van der Waals surface area contributed by atoms with E-state index < -0.39 is 0 Å². The van der Waals surface area contributed by atoms with Crippen LogP contribution in [0.25, 0.3) is 38.8 Å². The van der Waals surface area contributed by atoms with E-state index in [0.29, 0.717) is 17.4 Å². The van der Waals surface area contributed by atoms with Crippen LogP contribution in [0.1, 0.15) is 36.5 Å². The molecule has 5 nitrogen and oxygen atoms in total. The summed E-state index contributed by atoms with van der Waals surface area (Å²) in [5.74, 6) is 2.07. The Kier molecular flexibility index (Phi) is 9.33. The van der Waals surface area contributed by atoms with Gasteiger partial charge in [0.1, 0.15) is 11.6 Å². The van der Waals surface area contributed by atoms with Gasteiger partial charge in [0.05, 0.1) is 0 Å². The summed E-state index contributed by atoms with van der Waals surface area (Å²) in [5, 5.41) is 2.20. The van der Waals surface area contributed by atoms with E-state index in [1.807, 2.05) is 31.1 Å². The van der Waals surface area contributed by atoms with Crippen LogP contribution in [-0.2, 0) is 21.1 Å². The third-order valence-corrected chi connectivity index (χ3v) is 10.0. The Labute approximate surface area is 329 Å². The first-order valence-corrected chi connectivity index (χ1v) is 17.8. The molecule has 3 heterocycles. The summed E-state index contributed by atoms with van der Waals surface area (Å²) in [6.07, 6.45) is 1.88. The van der Waals surface area contributed by atoms with E-state index >= 15 is 0 Å². The predicted octanol–water partition coefficient (Wildman–Crippen LogP) is 12.5. The van der Waals surface area contributed by atoms with Gasteiger partial charge in [-0.15, -0.1) is 53.6 Å². The summed E-state index contributed by atoms with van der Waals surface area (Å²) in [4.78, 5) is 8.99. The van der Waals surface area contributed by atoms with Crippen LogP contribution in [0.3, 0.4) is 0 Å². The second-order valence-corrected chi connectivity index (χ2v) is 13.8. The van der Waals surface area contributed by atoms with Crippen LogP contribution >= 0.6 is 0 Å². The molecule has 8 aromatic rings. The summed E-state index contributed by atoms with van der Waals surface area (Å²) < 4.78 is 22.9. The molecule has 0 atom stereocenters. The number of aromatic nitrogens is 2. The normalized spacial score (nSPS) is 12.4. The SMILES string of the molecule is Cc1cccc(C)c1-c1cc(Oc2[c-]c3c(cc2)c2ccccc2n3-c2cc(C(C)C)ccn2)[c-]c(N2[CH-]N(c3ccc(F)cc3)c3ccccc32)c1.[Pt]. The van der Waals surface area contributed by atoms with Crippen LogP contribution in [-0.4, -0.2) is 9.55 Å². The maximum atomic E-state index is 13.9. The zero-order valence-electron chi connectivity index (χ0n) is 30.2. The van der Waals surface area contributed by atoms with E-state index in [2.05, 4.69) is 139 Å². The monoisotopic (exact) mass is 886 g/mol. The van der Waals surface area contributed by atoms with E-state index in [4.69, 9.17) is 9.72 Å². The molecule has 6 aromatic carbocycles. The van der Waals surface area contributed by atoms with E-state index in [-0.39, 0.29) is 26.9 Å². The average Bonchev–Trinajstić information content (AvgIpc) is 3.71. The van der Waals surface area contributed by atoms with Gasteiger partial charge in [0.15, 0.2) is 0 Å². The van der Waals surface area contributed by atoms with Crippen molar-refractivity contribution >= 4 is 44.6 Å². The fourth-order valence-corrected chi connectivity index (χ4v) is 7.44. The van der Waals surface area contributed by atoms with Gasteiger partial charge in [-0.3, -0.25) is 0 Å². The number of hydrogen-bond donors (Lipinski definition) is 0. The van der Waals surface area contributed by atoms with Gasteiger partial charge in [-0.1, -0.05) is 67.9 Å². The van der Waals surface area contributed by atoms with Gasteiger partial charge in [-0.2, -0.15) is 6.07 Å². The molecule has 0 saturated heterocycles. The molecule has 0 unspecified atom stereocenters. The number of rotatable bonds is 7. The number of para-hydroxylation sites is 3. The fraction of sp³-hybridized carbons (Fsp3) is 0.106. The van der Waals surface area contributed by atoms with Crippen molar-refractivity contribution in [2.24, 2.45) is 0 Å². The molecule has 0 saturated carbocycles. The van der Waals surface area contributed by atoms with Gasteiger partial charge < -0.3 is 19.1 Å². The molecule has 0 fully saturated rings. The molecule has 54 heavy (non-hydrogen) atoms. The Morgan fingerprint density at radius 1 is 0.704 bits per heavy atom. The van der Waals surface area contributed by atoms with Gasteiger partial charge in [-0.05, 0) is 102 Å². The van der Waals surface area contributed by atoms with Crippen LogP contribution in [0.4, 0.5) is 27.1 Å². The number of halogens is 1. The summed E-state index contributed by atoms with van der Waals surface area (Å²) in [6, 6.07) is 49.2. The van der Waals surface area contributed by atoms with E-state index in [1.54, 1.807) is 12.1 Å². The summed E-state index contributed by atoms with van der Waals surface area (Å²) in [6.45, 7) is 10.7. The van der Waals surface area contributed by atoms with Crippen LogP contribution < -0.4 is 14.5 Å². The standard InChI is InChI=1S/C47H36FN4O.Pt/c1-30(2)33-22-23-49-46(26-33)52-42-13-6-5-12-40(42)41-21-20-38(28-45(41)52)53-39-25-34(47-31(3)10-9-11-32(47)4)24-37(27-39)51-29-50(36-18-16-35(48)17-19-36)43-14-7-8-15-44(43)51;/h5-26,29-30H,1-4H3;/q-3;. The smallest absolute Gasteiger partial charge is 0.135 e. The molecule has 1 aliphatic rings. The van der Waals surface area contributed by atoms with Crippen LogP contribution in [0, 0.1) is 38.5 Å². The van der Waals surface area contributed by atoms with Crippen molar-refractivity contribution < 1.29 is 30.2 Å². The molecule has 0 aliphatic carbocycles. The number of nitrogens with zero attached hydrogens (tertiary/aromatic N) is 4. The first-order valence-electron chi connectivity index (χ1n) is 17.8. The Morgan fingerprint density at radius 3 is 2.19 bits per heavy atom. The third kappa shape index (κ3) is 6.25. The first kappa shape index (κ1) is 35.3. The van der Waals surface area contributed by atoms with Crippen molar-refractivity contribution in [3.63, 3.8) is 0 Å². The molecule has 1 aliphatic heterocycles. The molecule has 0 bridgehead atoms. The van der Waals surface area contributed by atoms with Gasteiger partial charge in [-0.25, -0.2) is 9.37 Å². The fourth-order valence-electron chi connectivity index (χ4n) is 7.44. The van der Waals surface area contributed by atoms with Crippen molar-refractivity contribution in [3.8, 4) is 28.4 Å². The van der Waals surface area contributed by atoms with Gasteiger partial charge in [0.2, 0.25) is 0 Å². The molecule has 0 N–H and O–H groups in total. The molecule has 270 valence electrons. The van der Waals surface area contributed by atoms with Gasteiger partial charge >= 0.3 is 0 Å². The third-order valence-electron chi connectivity index (χ3n) is 10.0. The van der Waals surface area contributed by atoms with E-state index in [0.717, 1.165) is 61.5 Å².